The Kier molecular flexibility index (Phi) is 6.73. The van der Waals surface area contributed by atoms with Crippen molar-refractivity contribution in [3.8, 4) is 16.9 Å². The van der Waals surface area contributed by atoms with Crippen molar-refractivity contribution in [1.82, 2.24) is 0 Å². The summed E-state index contributed by atoms with van der Waals surface area (Å²) >= 11 is 0. The molecule has 0 bridgehead atoms. The molecule has 4 rings (SSSR count). The second-order valence-corrected chi connectivity index (χ2v) is 8.44. The van der Waals surface area contributed by atoms with Crippen molar-refractivity contribution in [3.63, 3.8) is 0 Å². The molecule has 0 fully saturated rings. The van der Waals surface area contributed by atoms with Gasteiger partial charge in [0, 0.05) is 5.56 Å². The molecule has 35 heavy (non-hydrogen) atoms. The van der Waals surface area contributed by atoms with Crippen molar-refractivity contribution >= 4 is 29.0 Å². The van der Waals surface area contributed by atoms with Gasteiger partial charge < -0.3 is 10.2 Å². The SMILES string of the molecule is CCCC1=NN(c2ccc(C)c(C)c2)C(=O)C1N=Nc1cccc(-c2cccc(C(=O)O)c2)c1O. The largest absolute Gasteiger partial charge is 0.505 e. The van der Waals surface area contributed by atoms with Crippen LogP contribution in [0.3, 0.4) is 0 Å². The van der Waals surface area contributed by atoms with E-state index in [1.165, 1.54) is 17.1 Å². The molecule has 1 amide bonds. The molecule has 2 N–H and O–H groups in total. The molecular weight excluding hydrogens is 444 g/mol. The van der Waals surface area contributed by atoms with Gasteiger partial charge in [0.15, 0.2) is 11.8 Å². The number of carboxylic acids is 1. The maximum atomic E-state index is 13.2. The van der Waals surface area contributed by atoms with E-state index in [9.17, 15) is 19.8 Å². The Hall–Kier alpha value is -4.33. The van der Waals surface area contributed by atoms with E-state index in [4.69, 9.17) is 0 Å². The first kappa shape index (κ1) is 23.8. The third kappa shape index (κ3) is 4.82. The number of anilines is 1. The van der Waals surface area contributed by atoms with Crippen molar-refractivity contribution in [1.29, 1.82) is 0 Å². The van der Waals surface area contributed by atoms with E-state index in [2.05, 4.69) is 15.3 Å². The summed E-state index contributed by atoms with van der Waals surface area (Å²) < 4.78 is 0. The average molecular weight is 471 g/mol. The lowest BCUT2D eigenvalue weighted by molar-refractivity contribution is -0.117. The number of amides is 1. The maximum Gasteiger partial charge on any atom is 0.335 e. The molecule has 1 aliphatic rings. The van der Waals surface area contributed by atoms with Crippen LogP contribution >= 0.6 is 0 Å². The van der Waals surface area contributed by atoms with Crippen molar-refractivity contribution in [2.75, 3.05) is 5.01 Å². The quantitative estimate of drug-likeness (QED) is 0.410. The Bertz CT molecular complexity index is 1360. The van der Waals surface area contributed by atoms with Crippen LogP contribution in [0.1, 0.15) is 41.3 Å². The molecule has 0 radical (unpaired) electrons. The number of carboxylic acid groups (broad SMARTS) is 1. The fraction of sp³-hybridized carbons (Fsp3) is 0.222. The lowest BCUT2D eigenvalue weighted by atomic mass is 10.0. The fourth-order valence-corrected chi connectivity index (χ4v) is 3.88. The van der Waals surface area contributed by atoms with Gasteiger partial charge in [0.2, 0.25) is 0 Å². The molecule has 0 saturated carbocycles. The average Bonchev–Trinajstić information content (AvgIpc) is 3.15. The molecule has 1 heterocycles. The second kappa shape index (κ2) is 9.89. The standard InChI is InChI=1S/C27H26N4O4/c1-4-7-22-24(26(33)31(30-22)20-13-12-16(2)17(3)14-20)29-28-23-11-6-10-21(25(23)32)18-8-5-9-19(15-18)27(34)35/h5-6,8-15,24,32H,4,7H2,1-3H3,(H,34,35). The van der Waals surface area contributed by atoms with Crippen molar-refractivity contribution < 1.29 is 19.8 Å². The van der Waals surface area contributed by atoms with Gasteiger partial charge in [-0.2, -0.15) is 20.3 Å². The van der Waals surface area contributed by atoms with Crippen LogP contribution in [-0.4, -0.2) is 33.8 Å². The number of aromatic carboxylic acids is 1. The number of benzene rings is 3. The predicted molar refractivity (Wildman–Crippen MR) is 135 cm³/mol. The zero-order valence-electron chi connectivity index (χ0n) is 19.8. The minimum Gasteiger partial charge on any atom is -0.505 e. The predicted octanol–water partition coefficient (Wildman–Crippen LogP) is 6.03. The second-order valence-electron chi connectivity index (χ2n) is 8.44. The molecule has 8 heteroatoms. The topological polar surface area (TPSA) is 115 Å². The number of carbonyl (C=O) groups excluding carboxylic acids is 1. The Labute approximate surface area is 203 Å². The molecule has 3 aromatic rings. The van der Waals surface area contributed by atoms with Gasteiger partial charge in [0.25, 0.3) is 5.91 Å². The highest BCUT2D eigenvalue weighted by atomic mass is 16.4. The van der Waals surface area contributed by atoms with E-state index in [0.29, 0.717) is 28.9 Å². The van der Waals surface area contributed by atoms with Gasteiger partial charge >= 0.3 is 5.97 Å². The Morgan fingerprint density at radius 3 is 2.54 bits per heavy atom. The van der Waals surface area contributed by atoms with E-state index in [1.807, 2.05) is 39.0 Å². The van der Waals surface area contributed by atoms with E-state index < -0.39 is 12.0 Å². The normalized spacial score (nSPS) is 15.6. The summed E-state index contributed by atoms with van der Waals surface area (Å²) in [6.45, 7) is 5.99. The van der Waals surface area contributed by atoms with Crippen molar-refractivity contribution in [2.45, 2.75) is 39.7 Å². The van der Waals surface area contributed by atoms with Gasteiger partial charge in [0.1, 0.15) is 5.69 Å². The summed E-state index contributed by atoms with van der Waals surface area (Å²) in [7, 11) is 0. The molecule has 0 aliphatic carbocycles. The highest BCUT2D eigenvalue weighted by Crippen LogP contribution is 2.38. The van der Waals surface area contributed by atoms with Crippen LogP contribution in [0.25, 0.3) is 11.1 Å². The number of hydrogen-bond donors (Lipinski definition) is 2. The van der Waals surface area contributed by atoms with Crippen LogP contribution in [0.5, 0.6) is 5.75 Å². The minimum absolute atomic E-state index is 0.109. The number of rotatable bonds is 7. The number of phenolic OH excluding ortho intramolecular Hbond substituents is 1. The number of hydrazone groups is 1. The molecule has 0 saturated heterocycles. The van der Waals surface area contributed by atoms with Crippen molar-refractivity contribution in [2.24, 2.45) is 15.3 Å². The molecule has 3 aromatic carbocycles. The van der Waals surface area contributed by atoms with Gasteiger partial charge in [-0.3, -0.25) is 4.79 Å². The highest BCUT2D eigenvalue weighted by Gasteiger charge is 2.36. The van der Waals surface area contributed by atoms with Crippen LogP contribution in [0.15, 0.2) is 76.0 Å². The molecule has 8 nitrogen and oxygen atoms in total. The first-order valence-corrected chi connectivity index (χ1v) is 11.3. The Morgan fingerprint density at radius 1 is 1.06 bits per heavy atom. The lowest BCUT2D eigenvalue weighted by Gasteiger charge is -2.14. The molecule has 0 spiro atoms. The highest BCUT2D eigenvalue weighted by molar-refractivity contribution is 6.19. The van der Waals surface area contributed by atoms with Crippen LogP contribution in [0.4, 0.5) is 11.4 Å². The first-order chi connectivity index (χ1) is 16.8. The van der Waals surface area contributed by atoms with Gasteiger partial charge in [-0.1, -0.05) is 43.7 Å². The number of para-hydroxylation sites is 1. The van der Waals surface area contributed by atoms with Gasteiger partial charge in [-0.05, 0) is 67.3 Å². The molecular formula is C27H26N4O4. The van der Waals surface area contributed by atoms with E-state index in [0.717, 1.165) is 17.5 Å². The summed E-state index contributed by atoms with van der Waals surface area (Å²) in [6, 6.07) is 16.1. The van der Waals surface area contributed by atoms with Crippen LogP contribution in [-0.2, 0) is 4.79 Å². The van der Waals surface area contributed by atoms with Crippen LogP contribution in [0, 0.1) is 13.8 Å². The lowest BCUT2D eigenvalue weighted by Crippen LogP contribution is -2.30. The number of carbonyl (C=O) groups is 2. The fourth-order valence-electron chi connectivity index (χ4n) is 3.88. The number of azo groups is 1. The van der Waals surface area contributed by atoms with E-state index in [1.54, 1.807) is 30.3 Å². The van der Waals surface area contributed by atoms with Crippen LogP contribution in [0.2, 0.25) is 0 Å². The van der Waals surface area contributed by atoms with Gasteiger partial charge in [0.05, 0.1) is 17.0 Å². The molecule has 1 unspecified atom stereocenters. The first-order valence-electron chi connectivity index (χ1n) is 11.3. The Morgan fingerprint density at radius 2 is 1.83 bits per heavy atom. The van der Waals surface area contributed by atoms with Crippen molar-refractivity contribution in [3.05, 3.63) is 77.4 Å². The van der Waals surface area contributed by atoms with Gasteiger partial charge in [-0.25, -0.2) is 4.79 Å². The third-order valence-electron chi connectivity index (χ3n) is 5.94. The zero-order valence-corrected chi connectivity index (χ0v) is 19.8. The molecule has 1 aliphatic heterocycles. The number of nitrogens with zero attached hydrogens (tertiary/aromatic N) is 4. The number of aryl methyl sites for hydroxylation is 2. The monoisotopic (exact) mass is 470 g/mol. The summed E-state index contributed by atoms with van der Waals surface area (Å²) in [6.07, 6.45) is 1.38. The summed E-state index contributed by atoms with van der Waals surface area (Å²) in [4.78, 5) is 24.5. The van der Waals surface area contributed by atoms with Gasteiger partial charge in [-0.15, -0.1) is 0 Å². The summed E-state index contributed by atoms with van der Waals surface area (Å²) in [5.74, 6) is -1.51. The molecule has 1 atom stereocenters. The minimum atomic E-state index is -1.06. The number of aromatic hydroxyl groups is 1. The Balaban J connectivity index is 1.65. The number of hydrogen-bond acceptors (Lipinski definition) is 6. The molecule has 0 aromatic heterocycles. The maximum absolute atomic E-state index is 13.2. The molecule has 178 valence electrons. The summed E-state index contributed by atoms with van der Waals surface area (Å²) in [5, 5.41) is 34.5. The van der Waals surface area contributed by atoms with E-state index >= 15 is 0 Å². The van der Waals surface area contributed by atoms with E-state index in [-0.39, 0.29) is 22.9 Å². The zero-order chi connectivity index (χ0) is 25.1. The van der Waals surface area contributed by atoms with Crippen LogP contribution < -0.4 is 5.01 Å². The summed E-state index contributed by atoms with van der Waals surface area (Å²) in [5.41, 5.74) is 4.71. The smallest absolute Gasteiger partial charge is 0.335 e. The number of phenols is 1. The third-order valence-corrected chi connectivity index (χ3v) is 5.94.